The van der Waals surface area contributed by atoms with E-state index < -0.39 is 0 Å². The summed E-state index contributed by atoms with van der Waals surface area (Å²) in [6.45, 7) is 5.70. The fourth-order valence-corrected chi connectivity index (χ4v) is 0.951. The van der Waals surface area contributed by atoms with Crippen LogP contribution in [0.4, 0.5) is 0 Å². The van der Waals surface area contributed by atoms with Gasteiger partial charge in [-0.05, 0) is 25.8 Å². The SMILES string of the molecule is CCC(N)C(C)=C(C)C(=O)NC. The molecule has 0 aromatic rings. The number of rotatable bonds is 3. The number of hydrogen-bond donors (Lipinski definition) is 2. The van der Waals surface area contributed by atoms with Gasteiger partial charge in [0.15, 0.2) is 0 Å². The van der Waals surface area contributed by atoms with Crippen LogP contribution < -0.4 is 11.1 Å². The van der Waals surface area contributed by atoms with Crippen LogP contribution in [0.3, 0.4) is 0 Å². The number of amides is 1. The van der Waals surface area contributed by atoms with E-state index in [-0.39, 0.29) is 11.9 Å². The van der Waals surface area contributed by atoms with Gasteiger partial charge >= 0.3 is 0 Å². The molecule has 0 saturated carbocycles. The summed E-state index contributed by atoms with van der Waals surface area (Å²) in [6, 6.07) is 0.00213. The summed E-state index contributed by atoms with van der Waals surface area (Å²) in [5, 5.41) is 2.57. The van der Waals surface area contributed by atoms with Crippen molar-refractivity contribution in [3.8, 4) is 0 Å². The van der Waals surface area contributed by atoms with Crippen molar-refractivity contribution in [2.24, 2.45) is 5.73 Å². The van der Waals surface area contributed by atoms with Gasteiger partial charge in [0, 0.05) is 18.7 Å². The van der Waals surface area contributed by atoms with Crippen LogP contribution in [-0.4, -0.2) is 19.0 Å². The van der Waals surface area contributed by atoms with Crippen LogP contribution in [0.15, 0.2) is 11.1 Å². The van der Waals surface area contributed by atoms with Crippen LogP contribution in [0.25, 0.3) is 0 Å². The lowest BCUT2D eigenvalue weighted by molar-refractivity contribution is -0.117. The fraction of sp³-hybridized carbons (Fsp3) is 0.667. The van der Waals surface area contributed by atoms with Gasteiger partial charge in [-0.3, -0.25) is 4.79 Å². The van der Waals surface area contributed by atoms with Crippen molar-refractivity contribution in [3.05, 3.63) is 11.1 Å². The van der Waals surface area contributed by atoms with Gasteiger partial charge < -0.3 is 11.1 Å². The quantitative estimate of drug-likeness (QED) is 0.616. The van der Waals surface area contributed by atoms with Gasteiger partial charge in [-0.2, -0.15) is 0 Å². The van der Waals surface area contributed by atoms with Gasteiger partial charge in [-0.1, -0.05) is 6.92 Å². The number of likely N-dealkylation sites (N-methyl/N-ethyl adjacent to an activating group) is 1. The lowest BCUT2D eigenvalue weighted by atomic mass is 10.0. The standard InChI is InChI=1S/C9H18N2O/c1-5-8(10)6(2)7(3)9(12)11-4/h8H,5,10H2,1-4H3,(H,11,12). The lowest BCUT2D eigenvalue weighted by Crippen LogP contribution is -2.26. The molecule has 3 heteroatoms. The summed E-state index contributed by atoms with van der Waals surface area (Å²) in [4.78, 5) is 11.1. The summed E-state index contributed by atoms with van der Waals surface area (Å²) in [7, 11) is 1.62. The van der Waals surface area contributed by atoms with Crippen molar-refractivity contribution >= 4 is 5.91 Å². The molecule has 0 rings (SSSR count). The molecule has 0 aromatic heterocycles. The maximum Gasteiger partial charge on any atom is 0.246 e. The molecule has 12 heavy (non-hydrogen) atoms. The van der Waals surface area contributed by atoms with E-state index in [2.05, 4.69) is 5.32 Å². The van der Waals surface area contributed by atoms with E-state index in [0.29, 0.717) is 0 Å². The van der Waals surface area contributed by atoms with Crippen molar-refractivity contribution in [1.82, 2.24) is 5.32 Å². The topological polar surface area (TPSA) is 55.1 Å². The molecule has 3 nitrogen and oxygen atoms in total. The van der Waals surface area contributed by atoms with Crippen LogP contribution >= 0.6 is 0 Å². The van der Waals surface area contributed by atoms with E-state index in [1.54, 1.807) is 14.0 Å². The Labute approximate surface area is 74.0 Å². The second kappa shape index (κ2) is 4.93. The van der Waals surface area contributed by atoms with Crippen molar-refractivity contribution in [3.63, 3.8) is 0 Å². The Morgan fingerprint density at radius 1 is 1.50 bits per heavy atom. The highest BCUT2D eigenvalue weighted by Gasteiger charge is 2.09. The maximum absolute atomic E-state index is 11.1. The van der Waals surface area contributed by atoms with Crippen LogP contribution in [0.2, 0.25) is 0 Å². The van der Waals surface area contributed by atoms with Gasteiger partial charge in [0.1, 0.15) is 0 Å². The number of carbonyl (C=O) groups is 1. The minimum Gasteiger partial charge on any atom is -0.355 e. The summed E-state index contributed by atoms with van der Waals surface area (Å²) >= 11 is 0. The summed E-state index contributed by atoms with van der Waals surface area (Å²) in [6.07, 6.45) is 0.861. The molecule has 0 aromatic carbocycles. The molecular weight excluding hydrogens is 152 g/mol. The first-order valence-electron chi connectivity index (χ1n) is 4.19. The average molecular weight is 170 g/mol. The zero-order valence-corrected chi connectivity index (χ0v) is 8.27. The Kier molecular flexibility index (Phi) is 4.59. The molecule has 0 radical (unpaired) electrons. The Bertz CT molecular complexity index is 197. The highest BCUT2D eigenvalue weighted by molar-refractivity contribution is 5.93. The number of hydrogen-bond acceptors (Lipinski definition) is 2. The molecule has 1 amide bonds. The van der Waals surface area contributed by atoms with Crippen LogP contribution in [0.1, 0.15) is 27.2 Å². The van der Waals surface area contributed by atoms with E-state index in [1.807, 2.05) is 13.8 Å². The van der Waals surface area contributed by atoms with Crippen molar-refractivity contribution in [1.29, 1.82) is 0 Å². The third-order valence-corrected chi connectivity index (χ3v) is 2.16. The van der Waals surface area contributed by atoms with Crippen molar-refractivity contribution in [2.45, 2.75) is 33.2 Å². The zero-order valence-electron chi connectivity index (χ0n) is 8.27. The van der Waals surface area contributed by atoms with Gasteiger partial charge in [0.05, 0.1) is 0 Å². The number of nitrogens with two attached hydrogens (primary N) is 1. The van der Waals surface area contributed by atoms with Gasteiger partial charge in [0.25, 0.3) is 0 Å². The van der Waals surface area contributed by atoms with Crippen LogP contribution in [0, 0.1) is 0 Å². The van der Waals surface area contributed by atoms with Gasteiger partial charge in [-0.15, -0.1) is 0 Å². The molecule has 0 fully saturated rings. The molecule has 70 valence electrons. The number of nitrogens with one attached hydrogen (secondary N) is 1. The molecule has 0 aliphatic heterocycles. The van der Waals surface area contributed by atoms with E-state index in [0.717, 1.165) is 17.6 Å². The largest absolute Gasteiger partial charge is 0.355 e. The van der Waals surface area contributed by atoms with Crippen molar-refractivity contribution < 1.29 is 4.79 Å². The number of carbonyl (C=O) groups excluding carboxylic acids is 1. The first-order valence-corrected chi connectivity index (χ1v) is 4.19. The predicted molar refractivity (Wildman–Crippen MR) is 50.7 cm³/mol. The third-order valence-electron chi connectivity index (χ3n) is 2.16. The van der Waals surface area contributed by atoms with E-state index in [4.69, 9.17) is 5.73 Å². The summed E-state index contributed by atoms with van der Waals surface area (Å²) < 4.78 is 0. The van der Waals surface area contributed by atoms with Gasteiger partial charge in [-0.25, -0.2) is 0 Å². The van der Waals surface area contributed by atoms with Gasteiger partial charge in [0.2, 0.25) is 5.91 Å². The molecule has 0 aliphatic rings. The third kappa shape index (κ3) is 2.66. The lowest BCUT2D eigenvalue weighted by Gasteiger charge is -2.12. The Morgan fingerprint density at radius 3 is 2.33 bits per heavy atom. The first-order chi connectivity index (χ1) is 5.54. The molecule has 0 bridgehead atoms. The van der Waals surface area contributed by atoms with Crippen LogP contribution in [-0.2, 0) is 4.79 Å². The Morgan fingerprint density at radius 2 is 2.00 bits per heavy atom. The smallest absolute Gasteiger partial charge is 0.246 e. The summed E-state index contributed by atoms with van der Waals surface area (Å²) in [5.74, 6) is -0.0450. The average Bonchev–Trinajstić information content (AvgIpc) is 2.12. The van der Waals surface area contributed by atoms with E-state index in [9.17, 15) is 4.79 Å². The highest BCUT2D eigenvalue weighted by atomic mass is 16.1. The molecule has 1 unspecified atom stereocenters. The van der Waals surface area contributed by atoms with E-state index >= 15 is 0 Å². The van der Waals surface area contributed by atoms with Crippen molar-refractivity contribution in [2.75, 3.05) is 7.05 Å². The first kappa shape index (κ1) is 11.2. The molecular formula is C9H18N2O. The minimum absolute atomic E-state index is 0.00213. The maximum atomic E-state index is 11.1. The molecule has 0 aliphatic carbocycles. The second-order valence-electron chi connectivity index (χ2n) is 2.90. The zero-order chi connectivity index (χ0) is 9.72. The molecule has 3 N–H and O–H groups in total. The molecule has 0 spiro atoms. The normalized spacial score (nSPS) is 15.1. The minimum atomic E-state index is -0.0450. The highest BCUT2D eigenvalue weighted by Crippen LogP contribution is 2.08. The Hall–Kier alpha value is -0.830. The molecule has 0 heterocycles. The summed E-state index contributed by atoms with van der Waals surface area (Å²) in [5.41, 5.74) is 7.47. The van der Waals surface area contributed by atoms with Crippen LogP contribution in [0.5, 0.6) is 0 Å². The monoisotopic (exact) mass is 170 g/mol. The second-order valence-corrected chi connectivity index (χ2v) is 2.90. The Balaban J connectivity index is 4.56. The molecule has 1 atom stereocenters. The fourth-order valence-electron chi connectivity index (χ4n) is 0.951. The molecule has 0 saturated heterocycles. The predicted octanol–water partition coefficient (Wildman–Crippen LogP) is 0.806. The van der Waals surface area contributed by atoms with E-state index in [1.165, 1.54) is 0 Å².